The molecule has 1 aliphatic carbocycles. The number of benzene rings is 1. The summed E-state index contributed by atoms with van der Waals surface area (Å²) in [5.74, 6) is -2.62. The van der Waals surface area contributed by atoms with Gasteiger partial charge in [-0.05, 0) is 37.4 Å². The first kappa shape index (κ1) is 21.8. The third-order valence-electron chi connectivity index (χ3n) is 5.07. The van der Waals surface area contributed by atoms with Crippen LogP contribution in [0.5, 0.6) is 0 Å². The second-order valence-corrected chi connectivity index (χ2v) is 7.46. The summed E-state index contributed by atoms with van der Waals surface area (Å²) in [6.07, 6.45) is 1.33. The molecule has 1 aliphatic rings. The number of rotatable bonds is 9. The lowest BCUT2D eigenvalue weighted by Gasteiger charge is -2.42. The Morgan fingerprint density at radius 2 is 1.89 bits per heavy atom. The summed E-state index contributed by atoms with van der Waals surface area (Å²) >= 11 is 0. The highest BCUT2D eigenvalue weighted by atomic mass is 19.1. The van der Waals surface area contributed by atoms with Crippen LogP contribution in [0.15, 0.2) is 24.3 Å². The van der Waals surface area contributed by atoms with Gasteiger partial charge in [0.15, 0.2) is 0 Å². The van der Waals surface area contributed by atoms with E-state index >= 15 is 0 Å². The summed E-state index contributed by atoms with van der Waals surface area (Å²) < 4.78 is 13.8. The Kier molecular flexibility index (Phi) is 7.51. The van der Waals surface area contributed by atoms with E-state index in [0.29, 0.717) is 19.4 Å². The molecule has 1 aromatic carbocycles. The first-order chi connectivity index (χ1) is 13.2. The Morgan fingerprint density at radius 3 is 2.43 bits per heavy atom. The number of hydrogen-bond acceptors (Lipinski definition) is 4. The summed E-state index contributed by atoms with van der Waals surface area (Å²) in [5, 5.41) is 14.5. The molecule has 3 N–H and O–H groups in total. The predicted molar refractivity (Wildman–Crippen MR) is 102 cm³/mol. The molecule has 2 amide bonds. The Hall–Kier alpha value is -2.48. The molecule has 7 nitrogen and oxygen atoms in total. The van der Waals surface area contributed by atoms with E-state index in [2.05, 4.69) is 10.6 Å². The van der Waals surface area contributed by atoms with Crippen molar-refractivity contribution in [2.24, 2.45) is 5.92 Å². The maximum atomic E-state index is 13.8. The molecule has 1 aromatic rings. The zero-order valence-electron chi connectivity index (χ0n) is 16.4. The first-order valence-electron chi connectivity index (χ1n) is 9.54. The highest BCUT2D eigenvalue weighted by molar-refractivity contribution is 5.97. The quantitative estimate of drug-likeness (QED) is 0.592. The van der Waals surface area contributed by atoms with Crippen LogP contribution >= 0.6 is 0 Å². The van der Waals surface area contributed by atoms with E-state index in [9.17, 15) is 18.8 Å². The minimum Gasteiger partial charge on any atom is -0.480 e. The lowest BCUT2D eigenvalue weighted by Crippen LogP contribution is -2.58. The molecular weight excluding hydrogens is 365 g/mol. The van der Waals surface area contributed by atoms with E-state index < -0.39 is 23.7 Å². The highest BCUT2D eigenvalue weighted by Crippen LogP contribution is 2.25. The minimum atomic E-state index is -0.870. The maximum Gasteiger partial charge on any atom is 0.317 e. The molecule has 0 aliphatic heterocycles. The van der Waals surface area contributed by atoms with Gasteiger partial charge < -0.3 is 15.7 Å². The normalized spacial score (nSPS) is 19.8. The molecule has 0 spiro atoms. The number of nitrogens with zero attached hydrogens (tertiary/aromatic N) is 1. The lowest BCUT2D eigenvalue weighted by atomic mass is 9.85. The molecule has 0 radical (unpaired) electrons. The Morgan fingerprint density at radius 1 is 1.25 bits per heavy atom. The van der Waals surface area contributed by atoms with E-state index in [1.165, 1.54) is 18.2 Å². The molecular formula is C20H28FN3O4. The smallest absolute Gasteiger partial charge is 0.317 e. The number of hydrogen-bond donors (Lipinski definition) is 3. The van der Waals surface area contributed by atoms with E-state index in [0.717, 1.165) is 0 Å². The SMILES string of the molecule is CCN(CC(=O)O)C1CC(NC(=O)C(NC(=O)c2ccccc2F)C(C)C)C1. The molecule has 0 bridgehead atoms. The lowest BCUT2D eigenvalue weighted by molar-refractivity contribution is -0.140. The zero-order chi connectivity index (χ0) is 20.8. The number of carboxylic acid groups (broad SMARTS) is 1. The van der Waals surface area contributed by atoms with Crippen LogP contribution < -0.4 is 10.6 Å². The standard InChI is InChI=1S/C20H28FN3O4/c1-4-24(11-17(25)26)14-9-13(10-14)22-20(28)18(12(2)3)23-19(27)15-7-5-6-8-16(15)21/h5-8,12-14,18H,4,9-11H2,1-3H3,(H,22,28)(H,23,27)(H,25,26). The largest absolute Gasteiger partial charge is 0.480 e. The number of aliphatic carboxylic acids is 1. The minimum absolute atomic E-state index is 0.0187. The van der Waals surface area contributed by atoms with Crippen LogP contribution in [0.3, 0.4) is 0 Å². The van der Waals surface area contributed by atoms with Crippen LogP contribution in [0.2, 0.25) is 0 Å². The molecule has 0 aromatic heterocycles. The topological polar surface area (TPSA) is 98.7 Å². The van der Waals surface area contributed by atoms with Crippen molar-refractivity contribution < 1.29 is 23.9 Å². The molecule has 28 heavy (non-hydrogen) atoms. The van der Waals surface area contributed by atoms with Crippen molar-refractivity contribution in [3.05, 3.63) is 35.6 Å². The van der Waals surface area contributed by atoms with Crippen molar-refractivity contribution in [2.45, 2.75) is 51.7 Å². The van der Waals surface area contributed by atoms with Gasteiger partial charge >= 0.3 is 5.97 Å². The first-order valence-corrected chi connectivity index (χ1v) is 9.54. The van der Waals surface area contributed by atoms with Crippen LogP contribution in [0.4, 0.5) is 4.39 Å². The van der Waals surface area contributed by atoms with Crippen LogP contribution in [0.25, 0.3) is 0 Å². The molecule has 154 valence electrons. The van der Waals surface area contributed by atoms with Gasteiger partial charge in [-0.15, -0.1) is 0 Å². The summed E-state index contributed by atoms with van der Waals surface area (Å²) in [6.45, 7) is 6.13. The van der Waals surface area contributed by atoms with Gasteiger partial charge in [0, 0.05) is 12.1 Å². The fraction of sp³-hybridized carbons (Fsp3) is 0.550. The third-order valence-corrected chi connectivity index (χ3v) is 5.07. The van der Waals surface area contributed by atoms with Gasteiger partial charge in [-0.3, -0.25) is 19.3 Å². The van der Waals surface area contributed by atoms with Gasteiger partial charge in [-0.2, -0.15) is 0 Å². The van der Waals surface area contributed by atoms with Crippen molar-refractivity contribution in [3.8, 4) is 0 Å². The fourth-order valence-electron chi connectivity index (χ4n) is 3.37. The number of nitrogens with one attached hydrogen (secondary N) is 2. The molecule has 1 unspecified atom stereocenters. The van der Waals surface area contributed by atoms with Gasteiger partial charge in [0.05, 0.1) is 12.1 Å². The number of likely N-dealkylation sites (N-methyl/N-ethyl adjacent to an activating group) is 1. The molecule has 1 fully saturated rings. The van der Waals surface area contributed by atoms with Gasteiger partial charge in [0.2, 0.25) is 5.91 Å². The zero-order valence-corrected chi connectivity index (χ0v) is 16.4. The number of carboxylic acids is 1. The molecule has 8 heteroatoms. The molecule has 1 saturated carbocycles. The second kappa shape index (κ2) is 9.64. The average molecular weight is 393 g/mol. The maximum absolute atomic E-state index is 13.8. The van der Waals surface area contributed by atoms with Crippen molar-refractivity contribution in [1.29, 1.82) is 0 Å². The van der Waals surface area contributed by atoms with Crippen LogP contribution in [-0.2, 0) is 9.59 Å². The van der Waals surface area contributed by atoms with Crippen LogP contribution in [0.1, 0.15) is 44.0 Å². The Bertz CT molecular complexity index is 719. The average Bonchev–Trinajstić information content (AvgIpc) is 2.60. The number of halogens is 1. The Balaban J connectivity index is 1.91. The molecule has 0 heterocycles. The highest BCUT2D eigenvalue weighted by Gasteiger charge is 2.36. The van der Waals surface area contributed by atoms with Crippen LogP contribution in [0, 0.1) is 11.7 Å². The summed E-state index contributed by atoms with van der Waals surface area (Å²) in [6, 6.07) is 4.91. The van der Waals surface area contributed by atoms with E-state index in [-0.39, 0.29) is 36.0 Å². The fourth-order valence-corrected chi connectivity index (χ4v) is 3.37. The van der Waals surface area contributed by atoms with Gasteiger partial charge in [0.1, 0.15) is 11.9 Å². The predicted octanol–water partition coefficient (Wildman–Crippen LogP) is 1.63. The Labute approximate surface area is 164 Å². The number of carbonyl (C=O) groups is 3. The number of carbonyl (C=O) groups excluding carboxylic acids is 2. The molecule has 0 saturated heterocycles. The summed E-state index contributed by atoms with van der Waals surface area (Å²) in [4.78, 5) is 37.7. The van der Waals surface area contributed by atoms with Gasteiger partial charge in [-0.25, -0.2) is 4.39 Å². The third kappa shape index (κ3) is 5.51. The van der Waals surface area contributed by atoms with Gasteiger partial charge in [-0.1, -0.05) is 32.9 Å². The molecule has 2 rings (SSSR count). The van der Waals surface area contributed by atoms with Crippen molar-refractivity contribution in [3.63, 3.8) is 0 Å². The summed E-state index contributed by atoms with van der Waals surface area (Å²) in [5.41, 5.74) is -0.100. The van der Waals surface area contributed by atoms with Crippen molar-refractivity contribution in [1.82, 2.24) is 15.5 Å². The van der Waals surface area contributed by atoms with E-state index in [1.54, 1.807) is 19.9 Å². The summed E-state index contributed by atoms with van der Waals surface area (Å²) in [7, 11) is 0. The number of amides is 2. The monoisotopic (exact) mass is 393 g/mol. The van der Waals surface area contributed by atoms with E-state index in [4.69, 9.17) is 5.11 Å². The molecule has 1 atom stereocenters. The van der Waals surface area contributed by atoms with Gasteiger partial charge in [0.25, 0.3) is 5.91 Å². The second-order valence-electron chi connectivity index (χ2n) is 7.46. The van der Waals surface area contributed by atoms with E-state index in [1.807, 2.05) is 11.8 Å². The van der Waals surface area contributed by atoms with Crippen LogP contribution in [-0.4, -0.2) is 59.0 Å². The van der Waals surface area contributed by atoms with Crippen molar-refractivity contribution >= 4 is 17.8 Å². The van der Waals surface area contributed by atoms with Crippen molar-refractivity contribution in [2.75, 3.05) is 13.1 Å².